The molecule has 0 saturated heterocycles. The lowest BCUT2D eigenvalue weighted by Gasteiger charge is -2.20. The molecule has 0 bridgehead atoms. The molecule has 1 aliphatic rings. The lowest BCUT2D eigenvalue weighted by Crippen LogP contribution is -2.34. The van der Waals surface area contributed by atoms with Crippen molar-refractivity contribution in [2.45, 2.75) is 30.8 Å². The molecule has 0 unspecified atom stereocenters. The van der Waals surface area contributed by atoms with Gasteiger partial charge in [-0.15, -0.1) is 0 Å². The first-order valence-corrected chi connectivity index (χ1v) is 7.95. The highest BCUT2D eigenvalue weighted by atomic mass is 35.5. The van der Waals surface area contributed by atoms with E-state index < -0.39 is 34.7 Å². The van der Waals surface area contributed by atoms with E-state index in [0.29, 0.717) is 0 Å². The largest absolute Gasteiger partial charge is 0.491 e. The predicted molar refractivity (Wildman–Crippen MR) is 87.3 cm³/mol. The molecule has 2 rings (SSSR count). The Bertz CT molecular complexity index is 752. The van der Waals surface area contributed by atoms with E-state index in [1.165, 1.54) is 12.1 Å². The molecule has 25 heavy (non-hydrogen) atoms. The standard InChI is InChI=1S/C14H12ClF3N2O4S/c1-13(2)9(10(21)22)20-12(25-13)19-7-5-6(15)3-4-8(7)24-11(23)14(16,17)18/h3-5,9H,1-2H3,(H,19,20)(H,21,22)/t9-/m0/s1. The average molecular weight is 397 g/mol. The number of amidine groups is 1. The van der Waals surface area contributed by atoms with Gasteiger partial charge in [-0.25, -0.2) is 14.6 Å². The topological polar surface area (TPSA) is 88.0 Å². The monoisotopic (exact) mass is 396 g/mol. The van der Waals surface area contributed by atoms with E-state index in [1.807, 2.05) is 0 Å². The highest BCUT2D eigenvalue weighted by Crippen LogP contribution is 2.39. The Kier molecular flexibility index (Phi) is 5.24. The summed E-state index contributed by atoms with van der Waals surface area (Å²) in [6.45, 7) is 3.33. The van der Waals surface area contributed by atoms with Crippen LogP contribution >= 0.6 is 23.4 Å². The fourth-order valence-corrected chi connectivity index (χ4v) is 3.23. The minimum absolute atomic E-state index is 0.0433. The van der Waals surface area contributed by atoms with Gasteiger partial charge in [0.2, 0.25) is 0 Å². The van der Waals surface area contributed by atoms with Crippen molar-refractivity contribution in [3.8, 4) is 5.75 Å². The summed E-state index contributed by atoms with van der Waals surface area (Å²) in [6.07, 6.45) is -5.16. The summed E-state index contributed by atoms with van der Waals surface area (Å²) in [5.41, 5.74) is -0.0433. The van der Waals surface area contributed by atoms with E-state index in [4.69, 9.17) is 11.6 Å². The Labute approximate surface area is 149 Å². The van der Waals surface area contributed by atoms with Gasteiger partial charge >= 0.3 is 18.1 Å². The van der Waals surface area contributed by atoms with E-state index in [1.54, 1.807) is 13.8 Å². The zero-order valence-corrected chi connectivity index (χ0v) is 14.4. The van der Waals surface area contributed by atoms with E-state index >= 15 is 0 Å². The van der Waals surface area contributed by atoms with Crippen LogP contribution in [0.3, 0.4) is 0 Å². The van der Waals surface area contributed by atoms with Gasteiger partial charge in [-0.2, -0.15) is 13.2 Å². The Morgan fingerprint density at radius 3 is 2.56 bits per heavy atom. The second-order valence-corrected chi connectivity index (χ2v) is 7.61. The number of hydrogen-bond donors (Lipinski definition) is 2. The van der Waals surface area contributed by atoms with Crippen molar-refractivity contribution in [2.75, 3.05) is 5.32 Å². The fraction of sp³-hybridized carbons (Fsp3) is 0.357. The van der Waals surface area contributed by atoms with Gasteiger partial charge < -0.3 is 15.2 Å². The van der Waals surface area contributed by atoms with Gasteiger partial charge in [-0.1, -0.05) is 23.4 Å². The molecular weight excluding hydrogens is 385 g/mol. The van der Waals surface area contributed by atoms with E-state index in [-0.39, 0.29) is 15.9 Å². The van der Waals surface area contributed by atoms with Crippen LogP contribution in [0.5, 0.6) is 5.75 Å². The first-order valence-electron chi connectivity index (χ1n) is 6.75. The number of nitrogens with one attached hydrogen (secondary N) is 1. The molecule has 1 aromatic carbocycles. The summed E-state index contributed by atoms with van der Waals surface area (Å²) in [6, 6.07) is 2.54. The molecule has 11 heteroatoms. The van der Waals surface area contributed by atoms with Crippen molar-refractivity contribution < 1.29 is 32.6 Å². The molecule has 0 amide bonds. The van der Waals surface area contributed by atoms with Crippen LogP contribution in [0, 0.1) is 0 Å². The number of aliphatic imine (C=N–C) groups is 1. The molecule has 0 radical (unpaired) electrons. The molecule has 1 aliphatic heterocycles. The lowest BCUT2D eigenvalue weighted by atomic mass is 10.0. The molecule has 6 nitrogen and oxygen atoms in total. The van der Waals surface area contributed by atoms with Crippen molar-refractivity contribution >= 4 is 46.2 Å². The zero-order chi connectivity index (χ0) is 19.0. The number of nitrogens with zero attached hydrogens (tertiary/aromatic N) is 1. The first kappa shape index (κ1) is 19.4. The number of carboxylic acid groups (broad SMARTS) is 1. The number of rotatable bonds is 3. The van der Waals surface area contributed by atoms with Crippen molar-refractivity contribution in [1.29, 1.82) is 0 Å². The second kappa shape index (κ2) is 6.75. The number of carboxylic acids is 1. The van der Waals surface area contributed by atoms with Crippen LogP contribution in [0.25, 0.3) is 0 Å². The average Bonchev–Trinajstić information content (AvgIpc) is 2.75. The van der Waals surface area contributed by atoms with Crippen LogP contribution in [-0.2, 0) is 9.59 Å². The molecule has 1 atom stereocenters. The number of aliphatic carboxylic acids is 1. The summed E-state index contributed by atoms with van der Waals surface area (Å²) in [5.74, 6) is -3.93. The Balaban J connectivity index is 2.28. The van der Waals surface area contributed by atoms with Crippen molar-refractivity contribution in [3.63, 3.8) is 0 Å². The highest BCUT2D eigenvalue weighted by molar-refractivity contribution is 8.15. The Morgan fingerprint density at radius 2 is 2.04 bits per heavy atom. The number of carbonyl (C=O) groups is 2. The van der Waals surface area contributed by atoms with Gasteiger partial charge in [-0.3, -0.25) is 0 Å². The number of alkyl halides is 3. The fourth-order valence-electron chi connectivity index (χ4n) is 1.98. The van der Waals surface area contributed by atoms with Crippen molar-refractivity contribution in [3.05, 3.63) is 23.2 Å². The molecule has 0 fully saturated rings. The maximum atomic E-state index is 12.4. The maximum Gasteiger partial charge on any atom is 0.491 e. The second-order valence-electron chi connectivity index (χ2n) is 5.53. The van der Waals surface area contributed by atoms with Gasteiger partial charge in [0.1, 0.15) is 0 Å². The van der Waals surface area contributed by atoms with Crippen LogP contribution in [0.15, 0.2) is 23.2 Å². The third-order valence-electron chi connectivity index (χ3n) is 3.12. The highest BCUT2D eigenvalue weighted by Gasteiger charge is 2.43. The molecule has 1 heterocycles. The van der Waals surface area contributed by atoms with Gasteiger partial charge in [-0.05, 0) is 32.0 Å². The minimum Gasteiger partial charge on any atom is -0.480 e. The normalized spacial score (nSPS) is 19.3. The van der Waals surface area contributed by atoms with E-state index in [9.17, 15) is 27.9 Å². The van der Waals surface area contributed by atoms with Crippen LogP contribution in [0.4, 0.5) is 18.9 Å². The number of benzene rings is 1. The number of thioether (sulfide) groups is 1. The quantitative estimate of drug-likeness (QED) is 0.600. The zero-order valence-electron chi connectivity index (χ0n) is 12.8. The van der Waals surface area contributed by atoms with Gasteiger partial charge in [0.15, 0.2) is 17.0 Å². The van der Waals surface area contributed by atoms with Crippen LogP contribution in [0.2, 0.25) is 5.02 Å². The van der Waals surface area contributed by atoms with Crippen LogP contribution in [0.1, 0.15) is 13.8 Å². The molecule has 0 spiro atoms. The maximum absolute atomic E-state index is 12.4. The number of halogens is 4. The number of carbonyl (C=O) groups excluding carboxylic acids is 1. The Morgan fingerprint density at radius 1 is 1.40 bits per heavy atom. The third-order valence-corrected chi connectivity index (χ3v) is 4.50. The SMILES string of the molecule is CC1(C)SC(Nc2cc(Cl)ccc2OC(=O)C(F)(F)F)=N[C@H]1C(=O)O. The molecule has 136 valence electrons. The van der Waals surface area contributed by atoms with Gasteiger partial charge in [0, 0.05) is 5.02 Å². The number of hydrogen-bond acceptors (Lipinski definition) is 6. The molecule has 1 aromatic rings. The lowest BCUT2D eigenvalue weighted by molar-refractivity contribution is -0.189. The number of anilines is 1. The van der Waals surface area contributed by atoms with Crippen molar-refractivity contribution in [1.82, 2.24) is 0 Å². The minimum atomic E-state index is -5.16. The smallest absolute Gasteiger partial charge is 0.480 e. The van der Waals surface area contributed by atoms with Gasteiger partial charge in [0.05, 0.1) is 10.4 Å². The van der Waals surface area contributed by atoms with Crippen LogP contribution in [-0.4, -0.2) is 39.2 Å². The third kappa shape index (κ3) is 4.57. The first-order chi connectivity index (χ1) is 11.4. The van der Waals surface area contributed by atoms with Crippen LogP contribution < -0.4 is 10.1 Å². The predicted octanol–water partition coefficient (Wildman–Crippen LogP) is 3.55. The number of esters is 1. The molecule has 0 aromatic heterocycles. The van der Waals surface area contributed by atoms with E-state index in [2.05, 4.69) is 15.0 Å². The van der Waals surface area contributed by atoms with Gasteiger partial charge in [0.25, 0.3) is 0 Å². The summed E-state index contributed by atoms with van der Waals surface area (Å²) >= 11 is 6.91. The summed E-state index contributed by atoms with van der Waals surface area (Å²) in [4.78, 5) is 26.3. The molecular formula is C14H12ClF3N2O4S. The molecule has 2 N–H and O–H groups in total. The number of ether oxygens (including phenoxy) is 1. The van der Waals surface area contributed by atoms with E-state index in [0.717, 1.165) is 17.8 Å². The summed E-state index contributed by atoms with van der Waals surface area (Å²) in [7, 11) is 0. The van der Waals surface area contributed by atoms with Crippen molar-refractivity contribution in [2.24, 2.45) is 4.99 Å². The molecule has 0 aliphatic carbocycles. The summed E-state index contributed by atoms with van der Waals surface area (Å²) in [5, 5.41) is 12.2. The summed E-state index contributed by atoms with van der Waals surface area (Å²) < 4.78 is 40.7. The Hall–Kier alpha value is -1.94. The molecule has 0 saturated carbocycles.